The lowest BCUT2D eigenvalue weighted by atomic mass is 10.1. The number of thiophene rings is 1. The van der Waals surface area contributed by atoms with Crippen molar-refractivity contribution in [3.63, 3.8) is 0 Å². The van der Waals surface area contributed by atoms with Crippen LogP contribution in [0.15, 0.2) is 40.7 Å². The quantitative estimate of drug-likeness (QED) is 0.407. The van der Waals surface area contributed by atoms with Gasteiger partial charge in [0.05, 0.1) is 21.0 Å². The Morgan fingerprint density at radius 2 is 1.93 bits per heavy atom. The third-order valence-electron chi connectivity index (χ3n) is 5.12. The molecule has 1 atom stereocenters. The molecule has 5 nitrogen and oxygen atoms in total. The van der Waals surface area contributed by atoms with Crippen LogP contribution in [0.3, 0.4) is 0 Å². The molecule has 0 aliphatic carbocycles. The van der Waals surface area contributed by atoms with E-state index < -0.39 is 0 Å². The Labute approximate surface area is 178 Å². The summed E-state index contributed by atoms with van der Waals surface area (Å²) in [4.78, 5) is 13.0. The average molecular weight is 425 g/mol. The number of para-hydroxylation sites is 1. The number of anilines is 1. The Morgan fingerprint density at radius 1 is 1.17 bits per heavy atom. The van der Waals surface area contributed by atoms with Crippen LogP contribution in [0.2, 0.25) is 0 Å². The number of hydrogen-bond donors (Lipinski definition) is 1. The number of rotatable bonds is 6. The number of nitrogens with one attached hydrogen (secondary N) is 1. The fraction of sp³-hybridized carbons (Fsp3) is 0.318. The molecule has 4 aromatic rings. The summed E-state index contributed by atoms with van der Waals surface area (Å²) in [6, 6.07) is 10.3. The Kier molecular flexibility index (Phi) is 5.61. The van der Waals surface area contributed by atoms with E-state index in [2.05, 4.69) is 44.4 Å². The van der Waals surface area contributed by atoms with Crippen molar-refractivity contribution in [3.8, 4) is 0 Å². The highest BCUT2D eigenvalue weighted by Gasteiger charge is 2.23. The summed E-state index contributed by atoms with van der Waals surface area (Å²) < 4.78 is 3.39. The van der Waals surface area contributed by atoms with Crippen molar-refractivity contribution in [1.82, 2.24) is 14.6 Å². The number of aryl methyl sites for hydroxylation is 3. The summed E-state index contributed by atoms with van der Waals surface area (Å²) in [6.45, 7) is 8.15. The van der Waals surface area contributed by atoms with Crippen LogP contribution in [0.4, 0.5) is 5.69 Å². The molecule has 3 aromatic heterocycles. The number of carbonyl (C=O) groups is 1. The molecule has 0 aliphatic heterocycles. The molecule has 1 N–H and O–H groups in total. The fourth-order valence-electron chi connectivity index (χ4n) is 3.55. The summed E-state index contributed by atoms with van der Waals surface area (Å²) in [5.41, 5.74) is 5.23. The van der Waals surface area contributed by atoms with Crippen LogP contribution >= 0.6 is 23.1 Å². The summed E-state index contributed by atoms with van der Waals surface area (Å²) in [5.74, 6) is 0.938. The molecular weight excluding hydrogens is 400 g/mol. The zero-order valence-corrected chi connectivity index (χ0v) is 18.7. The van der Waals surface area contributed by atoms with Crippen molar-refractivity contribution in [2.24, 2.45) is 0 Å². The Morgan fingerprint density at radius 3 is 2.62 bits per heavy atom. The minimum Gasteiger partial charge on any atom is -0.325 e. The Hall–Kier alpha value is -2.38. The number of nitrogens with zero attached hydrogens (tertiary/aromatic N) is 3. The van der Waals surface area contributed by atoms with Gasteiger partial charge >= 0.3 is 0 Å². The van der Waals surface area contributed by atoms with Gasteiger partial charge in [0.15, 0.2) is 0 Å². The number of benzene rings is 1. The van der Waals surface area contributed by atoms with Crippen LogP contribution in [-0.4, -0.2) is 25.8 Å². The minimum atomic E-state index is -0.243. The standard InChI is InChI=1S/C22H24N4OS2/c1-5-17(21(27)23-20-13(3)8-7-9-14(20)4)29-22-16-12-18-15(10-11-28-18)26(16)19(6-2)24-25-22/h7-12,17H,5-6H2,1-4H3,(H,23,27)/t17-/m0/s1. The van der Waals surface area contributed by atoms with Crippen molar-refractivity contribution >= 4 is 50.4 Å². The van der Waals surface area contributed by atoms with Crippen LogP contribution < -0.4 is 5.32 Å². The van der Waals surface area contributed by atoms with Crippen LogP contribution in [0.5, 0.6) is 0 Å². The van der Waals surface area contributed by atoms with Gasteiger partial charge in [0.25, 0.3) is 0 Å². The van der Waals surface area contributed by atoms with Crippen LogP contribution in [0, 0.1) is 13.8 Å². The van der Waals surface area contributed by atoms with Crippen molar-refractivity contribution in [2.45, 2.75) is 50.8 Å². The van der Waals surface area contributed by atoms with Crippen molar-refractivity contribution in [3.05, 3.63) is 52.7 Å². The smallest absolute Gasteiger partial charge is 0.237 e. The number of fused-ring (bicyclic) bond motifs is 3. The monoisotopic (exact) mass is 424 g/mol. The van der Waals surface area contributed by atoms with Gasteiger partial charge in [-0.2, -0.15) is 0 Å². The molecule has 1 aromatic carbocycles. The van der Waals surface area contributed by atoms with Gasteiger partial charge in [0.1, 0.15) is 10.9 Å². The first-order chi connectivity index (χ1) is 14.0. The molecule has 0 bridgehead atoms. The first-order valence-electron chi connectivity index (χ1n) is 9.81. The number of thioether (sulfide) groups is 1. The van der Waals surface area contributed by atoms with E-state index in [1.807, 2.05) is 39.0 Å². The highest BCUT2D eigenvalue weighted by Crippen LogP contribution is 2.34. The third kappa shape index (κ3) is 3.65. The first-order valence-corrected chi connectivity index (χ1v) is 11.6. The third-order valence-corrected chi connectivity index (χ3v) is 7.32. The molecule has 0 radical (unpaired) electrons. The molecular formula is C22H24N4OS2. The number of hydrogen-bond acceptors (Lipinski definition) is 5. The van der Waals surface area contributed by atoms with Crippen molar-refractivity contribution in [2.75, 3.05) is 5.32 Å². The molecule has 0 saturated carbocycles. The van der Waals surface area contributed by atoms with Gasteiger partial charge in [-0.15, -0.1) is 21.5 Å². The topological polar surface area (TPSA) is 59.3 Å². The molecule has 1 amide bonds. The van der Waals surface area contributed by atoms with Gasteiger partial charge in [-0.1, -0.05) is 43.8 Å². The molecule has 4 rings (SSSR count). The summed E-state index contributed by atoms with van der Waals surface area (Å²) in [7, 11) is 0. The number of carbonyl (C=O) groups excluding carboxylic acids is 1. The van der Waals surface area contributed by atoms with Gasteiger partial charge in [-0.3, -0.25) is 9.20 Å². The van der Waals surface area contributed by atoms with Crippen molar-refractivity contribution < 1.29 is 4.79 Å². The fourth-order valence-corrected chi connectivity index (χ4v) is 5.31. The highest BCUT2D eigenvalue weighted by atomic mass is 32.2. The number of amides is 1. The van der Waals surface area contributed by atoms with Gasteiger partial charge in [-0.05, 0) is 48.9 Å². The summed E-state index contributed by atoms with van der Waals surface area (Å²) >= 11 is 3.21. The molecule has 150 valence electrons. The molecule has 0 spiro atoms. The molecule has 29 heavy (non-hydrogen) atoms. The second-order valence-electron chi connectivity index (χ2n) is 7.08. The lowest BCUT2D eigenvalue weighted by molar-refractivity contribution is -0.115. The second-order valence-corrected chi connectivity index (χ2v) is 9.22. The lowest BCUT2D eigenvalue weighted by Gasteiger charge is -2.17. The van der Waals surface area contributed by atoms with E-state index in [0.29, 0.717) is 6.42 Å². The number of aromatic nitrogens is 3. The largest absolute Gasteiger partial charge is 0.325 e. The van der Waals surface area contributed by atoms with Gasteiger partial charge in [-0.25, -0.2) is 0 Å². The maximum Gasteiger partial charge on any atom is 0.237 e. The predicted octanol–water partition coefficient (Wildman–Crippen LogP) is 5.63. The van der Waals surface area contributed by atoms with Crippen LogP contribution in [-0.2, 0) is 11.2 Å². The summed E-state index contributed by atoms with van der Waals surface area (Å²) in [6.07, 6.45) is 1.51. The van der Waals surface area contributed by atoms with E-state index in [0.717, 1.165) is 45.1 Å². The maximum absolute atomic E-state index is 13.0. The Bertz CT molecular complexity index is 1170. The second kappa shape index (κ2) is 8.16. The molecule has 7 heteroatoms. The van der Waals surface area contributed by atoms with E-state index in [4.69, 9.17) is 0 Å². The lowest BCUT2D eigenvalue weighted by Crippen LogP contribution is -2.25. The molecule has 3 heterocycles. The zero-order chi connectivity index (χ0) is 20.5. The average Bonchev–Trinajstić information content (AvgIpc) is 3.30. The SMILES string of the molecule is CCc1nnc(S[C@@H](CC)C(=O)Nc2c(C)cccc2C)c2cc3sccc3n12. The first kappa shape index (κ1) is 19.9. The van der Waals surface area contributed by atoms with E-state index in [9.17, 15) is 4.79 Å². The summed E-state index contributed by atoms with van der Waals surface area (Å²) in [5, 5.41) is 14.7. The molecule has 0 aliphatic rings. The molecule has 0 fully saturated rings. The van der Waals surface area contributed by atoms with Crippen LogP contribution in [0.1, 0.15) is 37.2 Å². The normalized spacial score (nSPS) is 12.6. The van der Waals surface area contributed by atoms with Crippen molar-refractivity contribution in [1.29, 1.82) is 0 Å². The van der Waals surface area contributed by atoms with Gasteiger partial charge < -0.3 is 5.32 Å². The molecule has 0 saturated heterocycles. The van der Waals surface area contributed by atoms with E-state index >= 15 is 0 Å². The van der Waals surface area contributed by atoms with E-state index in [-0.39, 0.29) is 11.2 Å². The maximum atomic E-state index is 13.0. The highest BCUT2D eigenvalue weighted by molar-refractivity contribution is 8.00. The minimum absolute atomic E-state index is 0.00258. The van der Waals surface area contributed by atoms with E-state index in [1.165, 1.54) is 16.5 Å². The zero-order valence-electron chi connectivity index (χ0n) is 17.0. The predicted molar refractivity (Wildman–Crippen MR) is 122 cm³/mol. The molecule has 0 unspecified atom stereocenters. The van der Waals surface area contributed by atoms with Gasteiger partial charge in [0.2, 0.25) is 5.91 Å². The van der Waals surface area contributed by atoms with Crippen LogP contribution in [0.25, 0.3) is 15.7 Å². The van der Waals surface area contributed by atoms with Gasteiger partial charge in [0, 0.05) is 12.1 Å². The van der Waals surface area contributed by atoms with E-state index in [1.54, 1.807) is 11.3 Å². The Balaban J connectivity index is 1.66.